The molecule has 33 heavy (non-hydrogen) atoms. The van der Waals surface area contributed by atoms with Crippen LogP contribution in [0, 0.1) is 12.3 Å². The van der Waals surface area contributed by atoms with Gasteiger partial charge in [-0.1, -0.05) is 18.1 Å². The highest BCUT2D eigenvalue weighted by molar-refractivity contribution is 6.09. The zero-order valence-corrected chi connectivity index (χ0v) is 18.3. The minimum absolute atomic E-state index is 0.168. The Bertz CT molecular complexity index is 1360. The molecule has 7 heteroatoms. The predicted octanol–water partition coefficient (Wildman–Crippen LogP) is 4.96. The summed E-state index contributed by atoms with van der Waals surface area (Å²) in [6.07, 6.45) is 9.91. The molecule has 0 unspecified atom stereocenters. The van der Waals surface area contributed by atoms with Crippen molar-refractivity contribution >= 4 is 39.3 Å². The highest BCUT2D eigenvalue weighted by Crippen LogP contribution is 2.30. The molecule has 0 bridgehead atoms. The number of terminal acetylenes is 1. The smallest absolute Gasteiger partial charge is 0.335 e. The molecule has 0 radical (unpaired) electrons. The minimum Gasteiger partial charge on any atom is -0.478 e. The van der Waals surface area contributed by atoms with Gasteiger partial charge in [0.15, 0.2) is 5.82 Å². The quantitative estimate of drug-likeness (QED) is 0.216. The summed E-state index contributed by atoms with van der Waals surface area (Å²) < 4.78 is 5.40. The topological polar surface area (TPSA) is 97.2 Å². The Balaban J connectivity index is 1.78. The molecule has 4 rings (SSSR count). The van der Waals surface area contributed by atoms with Crippen LogP contribution in [0.4, 0.5) is 11.5 Å². The van der Waals surface area contributed by atoms with Crippen LogP contribution in [0.1, 0.15) is 41.5 Å². The summed E-state index contributed by atoms with van der Waals surface area (Å²) in [5, 5.41) is 14.3. The maximum absolute atomic E-state index is 11.5. The van der Waals surface area contributed by atoms with Crippen LogP contribution in [0.3, 0.4) is 0 Å². The number of aryl methyl sites for hydroxylation is 1. The van der Waals surface area contributed by atoms with E-state index in [2.05, 4.69) is 16.2 Å². The van der Waals surface area contributed by atoms with Crippen molar-refractivity contribution in [2.75, 3.05) is 18.5 Å². The number of hydrogen-bond donors (Lipinski definition) is 2. The average molecular weight is 441 g/mol. The monoisotopic (exact) mass is 440 g/mol. The van der Waals surface area contributed by atoms with Gasteiger partial charge < -0.3 is 15.2 Å². The van der Waals surface area contributed by atoms with Crippen molar-refractivity contribution in [1.82, 2.24) is 15.0 Å². The number of benzene rings is 2. The molecule has 0 aliphatic carbocycles. The molecule has 0 atom stereocenters. The molecule has 0 aliphatic heterocycles. The number of carboxylic acid groups (broad SMARTS) is 1. The SMILES string of the molecule is C#Cc1cccc(Nc2nc3cc(C(=O)O)ccc3c3cnc(CCCCOCC)nc23)c1. The standard InChI is InChI=1S/C26H24N4O3/c1-3-17-8-7-9-19(14-17)28-25-24-21(16-27-23(30-24)10-5-6-13-33-4-2)20-12-11-18(26(31)32)15-22(20)29-25/h1,7-9,11-12,14-16H,4-6,10,13H2,2H3,(H,28,29)(H,31,32). The van der Waals surface area contributed by atoms with E-state index in [0.717, 1.165) is 53.7 Å². The summed E-state index contributed by atoms with van der Waals surface area (Å²) in [6.45, 7) is 3.42. The van der Waals surface area contributed by atoms with E-state index in [1.54, 1.807) is 24.4 Å². The Labute approximate surface area is 191 Å². The summed E-state index contributed by atoms with van der Waals surface area (Å²) in [5.74, 6) is 2.86. The molecule has 2 N–H and O–H groups in total. The van der Waals surface area contributed by atoms with Gasteiger partial charge in [-0.05, 0) is 50.1 Å². The Kier molecular flexibility index (Phi) is 6.77. The molecule has 2 heterocycles. The minimum atomic E-state index is -1.01. The molecule has 166 valence electrons. The summed E-state index contributed by atoms with van der Waals surface area (Å²) in [4.78, 5) is 25.6. The predicted molar refractivity (Wildman–Crippen MR) is 129 cm³/mol. The molecule has 2 aromatic carbocycles. The van der Waals surface area contributed by atoms with Gasteiger partial charge in [-0.15, -0.1) is 6.42 Å². The lowest BCUT2D eigenvalue weighted by Crippen LogP contribution is -2.03. The van der Waals surface area contributed by atoms with Crippen molar-refractivity contribution < 1.29 is 14.6 Å². The van der Waals surface area contributed by atoms with Crippen molar-refractivity contribution in [2.24, 2.45) is 0 Å². The molecular formula is C26H24N4O3. The Hall–Kier alpha value is -4.02. The molecule has 7 nitrogen and oxygen atoms in total. The molecule has 2 aromatic heterocycles. The maximum Gasteiger partial charge on any atom is 0.335 e. The zero-order valence-electron chi connectivity index (χ0n) is 18.3. The zero-order chi connectivity index (χ0) is 23.2. The van der Waals surface area contributed by atoms with E-state index >= 15 is 0 Å². The van der Waals surface area contributed by atoms with Gasteiger partial charge in [0, 0.05) is 47.9 Å². The number of carboxylic acids is 1. The Morgan fingerprint density at radius 3 is 2.82 bits per heavy atom. The first-order chi connectivity index (χ1) is 16.1. The number of pyridine rings is 1. The highest BCUT2D eigenvalue weighted by atomic mass is 16.5. The lowest BCUT2D eigenvalue weighted by molar-refractivity contribution is 0.0697. The third-order valence-electron chi connectivity index (χ3n) is 5.27. The third kappa shape index (κ3) is 5.08. The molecule has 0 saturated heterocycles. The molecule has 4 aromatic rings. The van der Waals surface area contributed by atoms with Gasteiger partial charge in [0.05, 0.1) is 11.1 Å². The number of rotatable bonds is 9. The average Bonchev–Trinajstić information content (AvgIpc) is 2.83. The van der Waals surface area contributed by atoms with Gasteiger partial charge in [0.1, 0.15) is 11.3 Å². The van der Waals surface area contributed by atoms with Crippen LogP contribution in [0.5, 0.6) is 0 Å². The number of carbonyl (C=O) groups is 1. The van der Waals surface area contributed by atoms with Gasteiger partial charge in [-0.25, -0.2) is 19.7 Å². The van der Waals surface area contributed by atoms with Crippen molar-refractivity contribution in [3.63, 3.8) is 0 Å². The number of unbranched alkanes of at least 4 members (excludes halogenated alkanes) is 1. The molecule has 0 aliphatic rings. The summed E-state index contributed by atoms with van der Waals surface area (Å²) in [5.41, 5.74) is 2.90. The van der Waals surface area contributed by atoms with Crippen molar-refractivity contribution in [2.45, 2.75) is 26.2 Å². The van der Waals surface area contributed by atoms with Crippen LogP contribution in [-0.2, 0) is 11.2 Å². The number of fused-ring (bicyclic) bond motifs is 3. The van der Waals surface area contributed by atoms with E-state index in [1.807, 2.05) is 31.2 Å². The molecule has 0 amide bonds. The van der Waals surface area contributed by atoms with Crippen molar-refractivity contribution in [1.29, 1.82) is 0 Å². The number of aromatic nitrogens is 3. The van der Waals surface area contributed by atoms with Crippen molar-refractivity contribution in [3.05, 3.63) is 65.6 Å². The van der Waals surface area contributed by atoms with E-state index in [9.17, 15) is 9.90 Å². The molecule has 0 spiro atoms. The van der Waals surface area contributed by atoms with Gasteiger partial charge in [0.25, 0.3) is 0 Å². The lowest BCUT2D eigenvalue weighted by atomic mass is 10.1. The second kappa shape index (κ2) is 10.1. The van der Waals surface area contributed by atoms with E-state index in [-0.39, 0.29) is 5.56 Å². The Morgan fingerprint density at radius 2 is 2.03 bits per heavy atom. The van der Waals surface area contributed by atoms with Gasteiger partial charge in [0.2, 0.25) is 0 Å². The maximum atomic E-state index is 11.5. The first-order valence-corrected chi connectivity index (χ1v) is 10.8. The number of aromatic carboxylic acids is 1. The first-order valence-electron chi connectivity index (χ1n) is 10.8. The number of nitrogens with one attached hydrogen (secondary N) is 1. The molecular weight excluding hydrogens is 416 g/mol. The van der Waals surface area contributed by atoms with Gasteiger partial charge in [-0.3, -0.25) is 0 Å². The van der Waals surface area contributed by atoms with Crippen LogP contribution in [0.15, 0.2) is 48.7 Å². The van der Waals surface area contributed by atoms with E-state index in [4.69, 9.17) is 21.1 Å². The van der Waals surface area contributed by atoms with Crippen LogP contribution in [-0.4, -0.2) is 39.2 Å². The van der Waals surface area contributed by atoms with Crippen LogP contribution >= 0.6 is 0 Å². The van der Waals surface area contributed by atoms with Gasteiger partial charge in [-0.2, -0.15) is 0 Å². The molecule has 0 fully saturated rings. The fraction of sp³-hybridized carbons (Fsp3) is 0.231. The van der Waals surface area contributed by atoms with Crippen molar-refractivity contribution in [3.8, 4) is 12.3 Å². The Morgan fingerprint density at radius 1 is 1.15 bits per heavy atom. The van der Waals surface area contributed by atoms with Gasteiger partial charge >= 0.3 is 5.97 Å². The van der Waals surface area contributed by atoms with E-state index in [1.165, 1.54) is 0 Å². The van der Waals surface area contributed by atoms with Crippen LogP contribution in [0.2, 0.25) is 0 Å². The third-order valence-corrected chi connectivity index (χ3v) is 5.27. The lowest BCUT2D eigenvalue weighted by Gasteiger charge is -2.12. The largest absolute Gasteiger partial charge is 0.478 e. The van der Waals surface area contributed by atoms with E-state index in [0.29, 0.717) is 23.5 Å². The number of anilines is 2. The molecule has 0 saturated carbocycles. The van der Waals surface area contributed by atoms with Crippen LogP contribution < -0.4 is 5.32 Å². The normalized spacial score (nSPS) is 10.9. The summed E-state index contributed by atoms with van der Waals surface area (Å²) >= 11 is 0. The highest BCUT2D eigenvalue weighted by Gasteiger charge is 2.14. The number of hydrogen-bond acceptors (Lipinski definition) is 6. The van der Waals surface area contributed by atoms with Crippen LogP contribution in [0.25, 0.3) is 21.8 Å². The second-order valence-electron chi connectivity index (χ2n) is 7.55. The first kappa shape index (κ1) is 22.2. The summed E-state index contributed by atoms with van der Waals surface area (Å²) in [6, 6.07) is 12.3. The number of nitrogens with zero attached hydrogens (tertiary/aromatic N) is 3. The summed E-state index contributed by atoms with van der Waals surface area (Å²) in [7, 11) is 0. The second-order valence-corrected chi connectivity index (χ2v) is 7.55. The fourth-order valence-corrected chi connectivity index (χ4v) is 3.62. The fourth-order valence-electron chi connectivity index (χ4n) is 3.62. The number of ether oxygens (including phenoxy) is 1. The van der Waals surface area contributed by atoms with E-state index < -0.39 is 5.97 Å².